The number of hydrogen-bond acceptors (Lipinski definition) is 6. The molecule has 0 bridgehead atoms. The molecule has 1 aromatic carbocycles. The van der Waals surface area contributed by atoms with Gasteiger partial charge in [0, 0.05) is 5.92 Å². The summed E-state index contributed by atoms with van der Waals surface area (Å²) in [6, 6.07) is 8.39. The predicted molar refractivity (Wildman–Crippen MR) is 85.9 cm³/mol. The van der Waals surface area contributed by atoms with Crippen LogP contribution in [-0.4, -0.2) is 33.1 Å². The zero-order chi connectivity index (χ0) is 14.9. The van der Waals surface area contributed by atoms with E-state index in [-0.39, 0.29) is 0 Å². The molecular weight excluding hydrogens is 296 g/mol. The van der Waals surface area contributed by atoms with E-state index in [1.54, 1.807) is 0 Å². The number of likely N-dealkylation sites (tertiary alicyclic amines) is 1. The van der Waals surface area contributed by atoms with E-state index in [2.05, 4.69) is 39.3 Å². The van der Waals surface area contributed by atoms with Crippen molar-refractivity contribution in [2.24, 2.45) is 0 Å². The number of benzene rings is 1. The Labute approximate surface area is 133 Å². The van der Waals surface area contributed by atoms with Crippen LogP contribution in [0, 0.1) is 6.92 Å². The molecule has 6 heteroatoms. The van der Waals surface area contributed by atoms with Gasteiger partial charge in [0.2, 0.25) is 5.89 Å². The van der Waals surface area contributed by atoms with Gasteiger partial charge in [-0.3, -0.25) is 4.90 Å². The topological polar surface area (TPSA) is 55.1 Å². The molecule has 0 aliphatic carbocycles. The summed E-state index contributed by atoms with van der Waals surface area (Å²) in [4.78, 5) is 11.5. The number of piperidine rings is 1. The Morgan fingerprint density at radius 3 is 2.77 bits per heavy atom. The smallest absolute Gasteiger partial charge is 0.240 e. The number of hydrogen-bond donors (Lipinski definition) is 0. The van der Waals surface area contributed by atoms with E-state index >= 15 is 0 Å². The van der Waals surface area contributed by atoms with Crippen LogP contribution in [0.3, 0.4) is 0 Å². The average Bonchev–Trinajstić information content (AvgIpc) is 3.14. The lowest BCUT2D eigenvalue weighted by molar-refractivity contribution is 0.181. The van der Waals surface area contributed by atoms with Gasteiger partial charge in [-0.25, -0.2) is 4.98 Å². The first-order valence-corrected chi connectivity index (χ1v) is 8.46. The van der Waals surface area contributed by atoms with E-state index in [1.165, 1.54) is 9.71 Å². The van der Waals surface area contributed by atoms with E-state index in [9.17, 15) is 0 Å². The molecule has 0 saturated carbocycles. The van der Waals surface area contributed by atoms with Crippen LogP contribution in [0.25, 0.3) is 10.2 Å². The van der Waals surface area contributed by atoms with Crippen molar-refractivity contribution in [1.82, 2.24) is 20.0 Å². The normalized spacial score (nSPS) is 17.3. The quantitative estimate of drug-likeness (QED) is 0.742. The van der Waals surface area contributed by atoms with E-state index in [0.717, 1.165) is 43.9 Å². The molecule has 2 aromatic heterocycles. The molecule has 1 saturated heterocycles. The predicted octanol–water partition coefficient (Wildman–Crippen LogP) is 3.37. The minimum atomic E-state index is 0.582. The minimum Gasteiger partial charge on any atom is -0.338 e. The largest absolute Gasteiger partial charge is 0.338 e. The van der Waals surface area contributed by atoms with Crippen LogP contribution in [0.2, 0.25) is 0 Å². The number of aromatic nitrogens is 3. The molecule has 22 heavy (non-hydrogen) atoms. The highest BCUT2D eigenvalue weighted by molar-refractivity contribution is 7.18. The summed E-state index contributed by atoms with van der Waals surface area (Å²) in [5.41, 5.74) is 1.13. The second-order valence-corrected chi connectivity index (χ2v) is 6.87. The molecule has 114 valence electrons. The monoisotopic (exact) mass is 314 g/mol. The van der Waals surface area contributed by atoms with E-state index in [4.69, 9.17) is 9.51 Å². The van der Waals surface area contributed by atoms with Gasteiger partial charge in [0.1, 0.15) is 0 Å². The molecule has 3 heterocycles. The van der Waals surface area contributed by atoms with Crippen LogP contribution in [0.1, 0.15) is 35.5 Å². The summed E-state index contributed by atoms with van der Waals surface area (Å²) >= 11 is 1.84. The molecule has 0 amide bonds. The van der Waals surface area contributed by atoms with Crippen molar-refractivity contribution < 1.29 is 4.52 Å². The Balaban J connectivity index is 1.40. The van der Waals surface area contributed by atoms with Gasteiger partial charge in [0.25, 0.3) is 0 Å². The first kappa shape index (κ1) is 13.8. The average molecular weight is 314 g/mol. The van der Waals surface area contributed by atoms with E-state index in [1.807, 2.05) is 18.3 Å². The van der Waals surface area contributed by atoms with E-state index < -0.39 is 0 Å². The highest BCUT2D eigenvalue weighted by atomic mass is 32.1. The number of fused-ring (bicyclic) bond motifs is 1. The fourth-order valence-electron chi connectivity index (χ4n) is 3.00. The molecule has 0 unspecified atom stereocenters. The maximum atomic E-state index is 5.21. The molecule has 0 spiro atoms. The number of nitrogens with zero attached hydrogens (tertiary/aromatic N) is 4. The van der Waals surface area contributed by atoms with Crippen molar-refractivity contribution in [1.29, 1.82) is 0 Å². The SMILES string of the molecule is Cc1noc(CN2CCC(c3nc4ccccc4s3)CC2)n1. The molecule has 0 radical (unpaired) electrons. The summed E-state index contributed by atoms with van der Waals surface area (Å²) < 4.78 is 6.50. The maximum absolute atomic E-state index is 5.21. The molecule has 5 nitrogen and oxygen atoms in total. The van der Waals surface area contributed by atoms with E-state index in [0.29, 0.717) is 11.7 Å². The lowest BCUT2D eigenvalue weighted by Gasteiger charge is -2.29. The Morgan fingerprint density at radius 2 is 2.05 bits per heavy atom. The van der Waals surface area contributed by atoms with Gasteiger partial charge in [-0.05, 0) is 45.0 Å². The molecule has 1 fully saturated rings. The van der Waals surface area contributed by atoms with Crippen LogP contribution in [-0.2, 0) is 6.54 Å². The molecule has 3 aromatic rings. The molecular formula is C16H18N4OS. The first-order chi connectivity index (χ1) is 10.8. The number of para-hydroxylation sites is 1. The van der Waals surface area contributed by atoms with Gasteiger partial charge < -0.3 is 4.52 Å². The molecule has 0 atom stereocenters. The third kappa shape index (κ3) is 2.76. The Kier molecular flexibility index (Phi) is 3.63. The van der Waals surface area contributed by atoms with Crippen molar-refractivity contribution >= 4 is 21.6 Å². The molecule has 1 aliphatic heterocycles. The number of aryl methyl sites for hydroxylation is 1. The van der Waals surface area contributed by atoms with Crippen molar-refractivity contribution in [3.8, 4) is 0 Å². The van der Waals surface area contributed by atoms with Crippen LogP contribution < -0.4 is 0 Å². The standard InChI is InChI=1S/C16H18N4OS/c1-11-17-15(21-19-11)10-20-8-6-12(7-9-20)16-18-13-4-2-3-5-14(13)22-16/h2-5,12H,6-10H2,1H3. The molecule has 0 N–H and O–H groups in total. The van der Waals surface area contributed by atoms with Gasteiger partial charge in [-0.1, -0.05) is 17.3 Å². The Morgan fingerprint density at radius 1 is 1.23 bits per heavy atom. The van der Waals surface area contributed by atoms with Crippen molar-refractivity contribution in [3.05, 3.63) is 41.0 Å². The molecule has 1 aliphatic rings. The highest BCUT2D eigenvalue weighted by Gasteiger charge is 2.24. The van der Waals surface area contributed by atoms with Crippen LogP contribution in [0.4, 0.5) is 0 Å². The van der Waals surface area contributed by atoms with Gasteiger partial charge in [-0.15, -0.1) is 11.3 Å². The summed E-state index contributed by atoms with van der Waals surface area (Å²) in [6.45, 7) is 4.73. The zero-order valence-electron chi connectivity index (χ0n) is 12.5. The van der Waals surface area contributed by atoms with Gasteiger partial charge in [0.05, 0.1) is 21.8 Å². The van der Waals surface area contributed by atoms with Crippen molar-refractivity contribution in [2.45, 2.75) is 32.2 Å². The van der Waals surface area contributed by atoms with Crippen molar-refractivity contribution in [3.63, 3.8) is 0 Å². The van der Waals surface area contributed by atoms with Crippen LogP contribution in [0.15, 0.2) is 28.8 Å². The van der Waals surface area contributed by atoms with Gasteiger partial charge in [0.15, 0.2) is 5.82 Å². The summed E-state index contributed by atoms with van der Waals surface area (Å²) in [6.07, 6.45) is 2.29. The zero-order valence-corrected chi connectivity index (χ0v) is 13.3. The fourth-order valence-corrected chi connectivity index (χ4v) is 4.13. The first-order valence-electron chi connectivity index (χ1n) is 7.65. The number of thiazole rings is 1. The second kappa shape index (κ2) is 5.78. The highest BCUT2D eigenvalue weighted by Crippen LogP contribution is 2.33. The minimum absolute atomic E-state index is 0.582. The van der Waals surface area contributed by atoms with Crippen LogP contribution in [0.5, 0.6) is 0 Å². The fraction of sp³-hybridized carbons (Fsp3) is 0.438. The third-order valence-corrected chi connectivity index (χ3v) is 5.37. The maximum Gasteiger partial charge on any atom is 0.240 e. The third-order valence-electron chi connectivity index (χ3n) is 4.18. The summed E-state index contributed by atoms with van der Waals surface area (Å²) in [7, 11) is 0. The summed E-state index contributed by atoms with van der Waals surface area (Å²) in [5.74, 6) is 2.01. The van der Waals surface area contributed by atoms with Gasteiger partial charge in [-0.2, -0.15) is 4.98 Å². The van der Waals surface area contributed by atoms with Crippen LogP contribution >= 0.6 is 11.3 Å². The van der Waals surface area contributed by atoms with Crippen molar-refractivity contribution in [2.75, 3.05) is 13.1 Å². The second-order valence-electron chi connectivity index (χ2n) is 5.81. The number of rotatable bonds is 3. The Bertz CT molecular complexity index is 740. The molecule has 4 rings (SSSR count). The lowest BCUT2D eigenvalue weighted by atomic mass is 9.97. The summed E-state index contributed by atoms with van der Waals surface area (Å²) in [5, 5.41) is 5.13. The Hall–Kier alpha value is -1.79. The van der Waals surface area contributed by atoms with Gasteiger partial charge >= 0.3 is 0 Å². The lowest BCUT2D eigenvalue weighted by Crippen LogP contribution is -2.32.